The van der Waals surface area contributed by atoms with Gasteiger partial charge in [0.25, 0.3) is 5.24 Å². The van der Waals surface area contributed by atoms with Crippen LogP contribution in [0.4, 0.5) is 9.18 Å². The topological polar surface area (TPSA) is 84.0 Å². The Hall–Kier alpha value is -4.15. The number of ether oxygens (including phenoxy) is 2. The van der Waals surface area contributed by atoms with Crippen LogP contribution in [0.1, 0.15) is 35.7 Å². The maximum absolute atomic E-state index is 14.4. The van der Waals surface area contributed by atoms with E-state index in [0.717, 1.165) is 58.4 Å². The van der Waals surface area contributed by atoms with E-state index in [1.165, 1.54) is 12.1 Å². The van der Waals surface area contributed by atoms with Crippen LogP contribution in [0.25, 0.3) is 17.2 Å². The van der Waals surface area contributed by atoms with Crippen molar-refractivity contribution in [2.45, 2.75) is 24.8 Å². The maximum atomic E-state index is 14.4. The maximum Gasteiger partial charge on any atom is 0.286 e. The van der Waals surface area contributed by atoms with E-state index in [-0.39, 0.29) is 23.4 Å². The molecule has 1 N–H and O–H groups in total. The molecule has 2 heterocycles. The summed E-state index contributed by atoms with van der Waals surface area (Å²) in [4.78, 5) is 35.0. The summed E-state index contributed by atoms with van der Waals surface area (Å²) in [5, 5.41) is 2.87. The van der Waals surface area contributed by atoms with Gasteiger partial charge in [0.15, 0.2) is 0 Å². The number of carbonyl (C=O) groups excluding carboxylic acids is 2. The highest BCUT2D eigenvalue weighted by molar-refractivity contribution is 8.13. The number of thioether (sulfide) groups is 1. The summed E-state index contributed by atoms with van der Waals surface area (Å²) < 4.78 is 25.8. The molecule has 2 amide bonds. The molecule has 1 aromatic heterocycles. The zero-order chi connectivity index (χ0) is 30.5. The molecule has 2 aliphatic rings. The molecule has 1 aliphatic carbocycles. The summed E-state index contributed by atoms with van der Waals surface area (Å²) in [5.74, 6) is 0.499. The van der Waals surface area contributed by atoms with Crippen LogP contribution in [0.2, 0.25) is 0 Å². The van der Waals surface area contributed by atoms with E-state index in [0.29, 0.717) is 41.6 Å². The van der Waals surface area contributed by atoms with Crippen molar-refractivity contribution in [2.75, 3.05) is 47.4 Å². The number of amides is 2. The van der Waals surface area contributed by atoms with Crippen LogP contribution >= 0.6 is 11.8 Å². The average Bonchev–Trinajstić information content (AvgIpc) is 3.26. The molecule has 0 radical (unpaired) electrons. The van der Waals surface area contributed by atoms with Crippen molar-refractivity contribution in [3.63, 3.8) is 0 Å². The number of methoxy groups -OCH3 is 2. The number of nitrogens with zero attached hydrogens (tertiary/aromatic N) is 3. The minimum absolute atomic E-state index is 0.0488. The van der Waals surface area contributed by atoms with Gasteiger partial charge in [-0.25, -0.2) is 4.39 Å². The second-order valence-corrected chi connectivity index (χ2v) is 11.5. The number of allylic oxidation sites excluding steroid dienone is 2. The van der Waals surface area contributed by atoms with Gasteiger partial charge in [0.05, 0.1) is 32.9 Å². The van der Waals surface area contributed by atoms with Crippen molar-refractivity contribution >= 4 is 40.1 Å². The largest absolute Gasteiger partial charge is 0.495 e. The van der Waals surface area contributed by atoms with E-state index < -0.39 is 0 Å². The molecule has 0 atom stereocenters. The predicted molar refractivity (Wildman–Crippen MR) is 167 cm³/mol. The van der Waals surface area contributed by atoms with Crippen molar-refractivity contribution in [3.05, 3.63) is 88.5 Å². The number of likely N-dealkylation sites (N-methyl/N-ethyl adjacent to an activating group) is 1. The lowest BCUT2D eigenvalue weighted by atomic mass is 10.0. The number of fused-ring (bicyclic) bond motifs is 1. The van der Waals surface area contributed by atoms with Crippen molar-refractivity contribution in [1.29, 1.82) is 0 Å². The van der Waals surface area contributed by atoms with Gasteiger partial charge in [-0.2, -0.15) is 0 Å². The summed E-state index contributed by atoms with van der Waals surface area (Å²) in [6.45, 7) is 5.27. The first-order valence-electron chi connectivity index (χ1n) is 14.1. The number of hydrogen-bond donors (Lipinski definition) is 1. The number of pyridine rings is 1. The van der Waals surface area contributed by atoms with Crippen LogP contribution in [-0.2, 0) is 11.3 Å². The number of benzene rings is 2. The zero-order valence-electron chi connectivity index (χ0n) is 24.8. The van der Waals surface area contributed by atoms with Gasteiger partial charge in [-0.05, 0) is 102 Å². The first-order valence-corrected chi connectivity index (χ1v) is 14.9. The van der Waals surface area contributed by atoms with Crippen LogP contribution in [0.5, 0.6) is 11.5 Å². The quantitative estimate of drug-likeness (QED) is 0.330. The molecule has 0 saturated carbocycles. The standard InChI is InChI=1S/C33H35FN4O4S/c1-21-26(25-9-8-23(34)18-28(25)27(21)19-31(39)36-20-24-7-5-6-10-35-24)15-22-16-29(41-3)32(30(17-22)42-4)43-33(40)38-13-11-37(2)12-14-38/h5-10,15-18H,11-14,19-20H2,1-4H3,(H,36,39). The number of aromatic nitrogens is 1. The number of hydrogen-bond acceptors (Lipinski definition) is 7. The Bertz CT molecular complexity index is 1560. The van der Waals surface area contributed by atoms with E-state index in [9.17, 15) is 14.0 Å². The molecule has 224 valence electrons. The summed E-state index contributed by atoms with van der Waals surface area (Å²) in [6, 6.07) is 13.9. The fourth-order valence-electron chi connectivity index (χ4n) is 5.29. The summed E-state index contributed by atoms with van der Waals surface area (Å²) in [5.41, 5.74) is 5.61. The highest BCUT2D eigenvalue weighted by atomic mass is 32.2. The molecule has 0 bridgehead atoms. The molecule has 1 fully saturated rings. The number of carbonyl (C=O) groups is 2. The van der Waals surface area contributed by atoms with Crippen molar-refractivity contribution in [3.8, 4) is 11.5 Å². The Morgan fingerprint density at radius 1 is 1.02 bits per heavy atom. The number of piperazine rings is 1. The third kappa shape index (κ3) is 6.92. The zero-order valence-corrected chi connectivity index (χ0v) is 25.6. The Labute approximate surface area is 255 Å². The summed E-state index contributed by atoms with van der Waals surface area (Å²) in [7, 11) is 5.18. The van der Waals surface area contributed by atoms with Crippen molar-refractivity contribution < 1.29 is 23.5 Å². The molecule has 8 nitrogen and oxygen atoms in total. The van der Waals surface area contributed by atoms with Gasteiger partial charge in [0, 0.05) is 32.4 Å². The Balaban J connectivity index is 1.43. The number of rotatable bonds is 8. The van der Waals surface area contributed by atoms with Crippen LogP contribution in [0.3, 0.4) is 0 Å². The molecule has 1 saturated heterocycles. The number of halogens is 1. The first kappa shape index (κ1) is 30.3. The van der Waals surface area contributed by atoms with Crippen molar-refractivity contribution in [1.82, 2.24) is 20.1 Å². The molecule has 10 heteroatoms. The van der Waals surface area contributed by atoms with Crippen LogP contribution in [-0.4, -0.2) is 73.4 Å². The second-order valence-electron chi connectivity index (χ2n) is 10.5. The van der Waals surface area contributed by atoms with Gasteiger partial charge >= 0.3 is 0 Å². The Morgan fingerprint density at radius 2 is 1.74 bits per heavy atom. The normalized spacial score (nSPS) is 15.9. The molecule has 2 aromatic carbocycles. The lowest BCUT2D eigenvalue weighted by molar-refractivity contribution is -0.120. The van der Waals surface area contributed by atoms with E-state index in [1.807, 2.05) is 55.3 Å². The second kappa shape index (κ2) is 13.4. The SMILES string of the molecule is COc1cc(C=C2C(C)=C(CC(=O)NCc3ccccn3)c3cc(F)ccc32)cc(OC)c1SC(=O)N1CCN(C)CC1. The Morgan fingerprint density at radius 3 is 2.40 bits per heavy atom. The smallest absolute Gasteiger partial charge is 0.286 e. The third-order valence-corrected chi connectivity index (χ3v) is 8.77. The van der Waals surface area contributed by atoms with Crippen LogP contribution < -0.4 is 14.8 Å². The lowest BCUT2D eigenvalue weighted by Gasteiger charge is -2.32. The van der Waals surface area contributed by atoms with Gasteiger partial charge in [-0.1, -0.05) is 12.1 Å². The Kier molecular flexibility index (Phi) is 9.47. The minimum atomic E-state index is -0.367. The fourth-order valence-corrected chi connectivity index (χ4v) is 6.26. The molecular weight excluding hydrogens is 567 g/mol. The molecular formula is C33H35FN4O4S. The van der Waals surface area contributed by atoms with Gasteiger partial charge < -0.3 is 24.6 Å². The van der Waals surface area contributed by atoms with E-state index in [4.69, 9.17) is 9.47 Å². The van der Waals surface area contributed by atoms with E-state index in [2.05, 4.69) is 15.2 Å². The van der Waals surface area contributed by atoms with Gasteiger partial charge in [-0.15, -0.1) is 0 Å². The lowest BCUT2D eigenvalue weighted by Crippen LogP contribution is -2.45. The van der Waals surface area contributed by atoms with Crippen LogP contribution in [0, 0.1) is 5.82 Å². The molecule has 43 heavy (non-hydrogen) atoms. The third-order valence-electron chi connectivity index (χ3n) is 7.73. The van der Waals surface area contributed by atoms with Gasteiger partial charge in [0.2, 0.25) is 5.91 Å². The molecule has 1 aliphatic heterocycles. The average molecular weight is 603 g/mol. The van der Waals surface area contributed by atoms with Gasteiger partial charge in [0.1, 0.15) is 22.2 Å². The molecule has 0 unspecified atom stereocenters. The van der Waals surface area contributed by atoms with Crippen molar-refractivity contribution in [2.24, 2.45) is 0 Å². The number of nitrogens with one attached hydrogen (secondary N) is 1. The molecule has 0 spiro atoms. The highest BCUT2D eigenvalue weighted by Gasteiger charge is 2.27. The predicted octanol–water partition coefficient (Wildman–Crippen LogP) is 5.73. The van der Waals surface area contributed by atoms with Gasteiger partial charge in [-0.3, -0.25) is 14.6 Å². The van der Waals surface area contributed by atoms with E-state index >= 15 is 0 Å². The molecule has 5 rings (SSSR count). The molecule has 3 aromatic rings. The van der Waals surface area contributed by atoms with E-state index in [1.54, 1.807) is 26.5 Å². The van der Waals surface area contributed by atoms with Crippen LogP contribution in [0.15, 0.2) is 65.2 Å². The summed E-state index contributed by atoms with van der Waals surface area (Å²) in [6.07, 6.45) is 3.76. The first-order chi connectivity index (χ1) is 20.8. The minimum Gasteiger partial charge on any atom is -0.495 e. The summed E-state index contributed by atoms with van der Waals surface area (Å²) >= 11 is 1.10. The monoisotopic (exact) mass is 602 g/mol. The fraction of sp³-hybridized carbons (Fsp3) is 0.303. The highest BCUT2D eigenvalue weighted by Crippen LogP contribution is 2.46.